The molecule has 0 saturated heterocycles. The summed E-state index contributed by atoms with van der Waals surface area (Å²) in [4.78, 5) is 2.38. The van der Waals surface area contributed by atoms with Gasteiger partial charge in [0.05, 0.1) is 13.2 Å². The minimum Gasteiger partial charge on any atom is -0.493 e. The van der Waals surface area contributed by atoms with Crippen LogP contribution in [0.3, 0.4) is 0 Å². The smallest absolute Gasteiger partial charge is 0.231 e. The number of benzene rings is 1. The van der Waals surface area contributed by atoms with Crippen LogP contribution in [0.2, 0.25) is 0 Å². The number of nitrogens with zero attached hydrogens (tertiary/aromatic N) is 4. The standard InChI is InChI=1S/C15H18N4O3/c1(4-18-5-6-19-10-16-17-15(19)9-18)7-20-12-2-3-13-14(8-12)22-11-21-13/h2-3,8,10H,1,4-7,9,11H2. The van der Waals surface area contributed by atoms with Crippen molar-refractivity contribution in [3.63, 3.8) is 0 Å². The Bertz CT molecular complexity index is 658. The van der Waals surface area contributed by atoms with E-state index in [2.05, 4.69) is 19.7 Å². The van der Waals surface area contributed by atoms with Crippen molar-refractivity contribution in [1.29, 1.82) is 0 Å². The fourth-order valence-corrected chi connectivity index (χ4v) is 2.75. The van der Waals surface area contributed by atoms with Crippen molar-refractivity contribution in [1.82, 2.24) is 19.7 Å². The Hall–Kier alpha value is -2.28. The predicted molar refractivity (Wildman–Crippen MR) is 78.0 cm³/mol. The minimum atomic E-state index is 0.290. The van der Waals surface area contributed by atoms with E-state index in [-0.39, 0.29) is 0 Å². The molecule has 0 fully saturated rings. The second-order valence-electron chi connectivity index (χ2n) is 5.43. The first-order valence-electron chi connectivity index (χ1n) is 7.50. The number of ether oxygens (including phenoxy) is 3. The van der Waals surface area contributed by atoms with Crippen molar-refractivity contribution in [2.75, 3.05) is 26.5 Å². The summed E-state index contributed by atoms with van der Waals surface area (Å²) >= 11 is 0. The van der Waals surface area contributed by atoms with E-state index >= 15 is 0 Å². The molecular formula is C15H18N4O3. The molecule has 0 atom stereocenters. The van der Waals surface area contributed by atoms with Crippen molar-refractivity contribution in [2.24, 2.45) is 0 Å². The zero-order valence-corrected chi connectivity index (χ0v) is 12.3. The van der Waals surface area contributed by atoms with Gasteiger partial charge in [-0.25, -0.2) is 0 Å². The van der Waals surface area contributed by atoms with E-state index in [0.29, 0.717) is 13.4 Å². The second-order valence-corrected chi connectivity index (χ2v) is 5.43. The number of fused-ring (bicyclic) bond motifs is 2. The molecular weight excluding hydrogens is 284 g/mol. The summed E-state index contributed by atoms with van der Waals surface area (Å²) < 4.78 is 18.5. The molecule has 116 valence electrons. The van der Waals surface area contributed by atoms with Crippen molar-refractivity contribution in [3.8, 4) is 17.2 Å². The van der Waals surface area contributed by atoms with Crippen molar-refractivity contribution in [3.05, 3.63) is 30.4 Å². The third kappa shape index (κ3) is 2.71. The zero-order valence-electron chi connectivity index (χ0n) is 12.3. The van der Waals surface area contributed by atoms with Gasteiger partial charge >= 0.3 is 0 Å². The average Bonchev–Trinajstić information content (AvgIpc) is 3.19. The highest BCUT2D eigenvalue weighted by molar-refractivity contribution is 5.46. The van der Waals surface area contributed by atoms with Gasteiger partial charge in [-0.1, -0.05) is 0 Å². The van der Waals surface area contributed by atoms with Gasteiger partial charge in [0.2, 0.25) is 6.79 Å². The maximum absolute atomic E-state index is 5.78. The van der Waals surface area contributed by atoms with Gasteiger partial charge in [-0.05, 0) is 18.6 Å². The average molecular weight is 302 g/mol. The molecule has 7 heteroatoms. The van der Waals surface area contributed by atoms with E-state index in [0.717, 1.165) is 55.7 Å². The van der Waals surface area contributed by atoms with E-state index in [1.54, 1.807) is 6.33 Å². The Morgan fingerprint density at radius 1 is 1.18 bits per heavy atom. The van der Waals surface area contributed by atoms with Gasteiger partial charge in [-0.2, -0.15) is 0 Å². The highest BCUT2D eigenvalue weighted by Gasteiger charge is 2.17. The highest BCUT2D eigenvalue weighted by atomic mass is 16.7. The SMILES string of the molecule is c1cc2c(cc1OCCCN1CCn3cnnc3C1)OCO2. The summed E-state index contributed by atoms with van der Waals surface area (Å²) in [5.74, 6) is 3.41. The predicted octanol–water partition coefficient (Wildman–Crippen LogP) is 1.29. The third-order valence-electron chi connectivity index (χ3n) is 3.95. The first-order chi connectivity index (χ1) is 10.9. The lowest BCUT2D eigenvalue weighted by Gasteiger charge is -2.26. The quantitative estimate of drug-likeness (QED) is 0.776. The molecule has 0 N–H and O–H groups in total. The lowest BCUT2D eigenvalue weighted by atomic mass is 10.3. The summed E-state index contributed by atoms with van der Waals surface area (Å²) in [6.07, 6.45) is 2.78. The lowest BCUT2D eigenvalue weighted by molar-refractivity contribution is 0.173. The van der Waals surface area contributed by atoms with Crippen molar-refractivity contribution in [2.45, 2.75) is 19.5 Å². The Morgan fingerprint density at radius 3 is 3.14 bits per heavy atom. The summed E-state index contributed by atoms with van der Waals surface area (Å²) in [7, 11) is 0. The van der Waals surface area contributed by atoms with Crippen LogP contribution in [-0.4, -0.2) is 46.2 Å². The van der Waals surface area contributed by atoms with Gasteiger partial charge < -0.3 is 18.8 Å². The van der Waals surface area contributed by atoms with Gasteiger partial charge in [0.1, 0.15) is 17.9 Å². The molecule has 1 aromatic heterocycles. The van der Waals surface area contributed by atoms with Crippen LogP contribution in [0, 0.1) is 0 Å². The van der Waals surface area contributed by atoms with Crippen LogP contribution >= 0.6 is 0 Å². The van der Waals surface area contributed by atoms with Crippen molar-refractivity contribution < 1.29 is 14.2 Å². The van der Waals surface area contributed by atoms with E-state index in [1.165, 1.54) is 0 Å². The summed E-state index contributed by atoms with van der Waals surface area (Å²) in [5.41, 5.74) is 0. The van der Waals surface area contributed by atoms with Gasteiger partial charge in [0.15, 0.2) is 11.5 Å². The maximum atomic E-state index is 5.78. The molecule has 22 heavy (non-hydrogen) atoms. The molecule has 1 aromatic carbocycles. The Morgan fingerprint density at radius 2 is 2.14 bits per heavy atom. The Kier molecular flexibility index (Phi) is 3.56. The van der Waals surface area contributed by atoms with Crippen LogP contribution in [0.4, 0.5) is 0 Å². The first kappa shape index (κ1) is 13.4. The largest absolute Gasteiger partial charge is 0.493 e. The number of hydrogen-bond acceptors (Lipinski definition) is 6. The molecule has 0 radical (unpaired) electrons. The molecule has 2 aliphatic heterocycles. The van der Waals surface area contributed by atoms with Crippen LogP contribution in [0.15, 0.2) is 24.5 Å². The van der Waals surface area contributed by atoms with E-state index in [4.69, 9.17) is 14.2 Å². The van der Waals surface area contributed by atoms with E-state index < -0.39 is 0 Å². The fourth-order valence-electron chi connectivity index (χ4n) is 2.75. The Labute approximate surface area is 128 Å². The monoisotopic (exact) mass is 302 g/mol. The van der Waals surface area contributed by atoms with Crippen LogP contribution in [0.25, 0.3) is 0 Å². The second kappa shape index (κ2) is 5.84. The Balaban J connectivity index is 1.23. The molecule has 0 spiro atoms. The zero-order chi connectivity index (χ0) is 14.8. The first-order valence-corrected chi connectivity index (χ1v) is 7.50. The maximum Gasteiger partial charge on any atom is 0.231 e. The molecule has 4 rings (SSSR count). The normalized spacial score (nSPS) is 16.5. The van der Waals surface area contributed by atoms with Crippen molar-refractivity contribution >= 4 is 0 Å². The molecule has 0 aliphatic carbocycles. The van der Waals surface area contributed by atoms with Crippen LogP contribution in [0.5, 0.6) is 17.2 Å². The molecule has 2 aliphatic rings. The third-order valence-corrected chi connectivity index (χ3v) is 3.95. The topological polar surface area (TPSA) is 61.6 Å². The molecule has 7 nitrogen and oxygen atoms in total. The molecule has 0 amide bonds. The molecule has 3 heterocycles. The molecule has 0 unspecified atom stereocenters. The summed E-state index contributed by atoms with van der Waals surface area (Å²) in [5, 5.41) is 8.07. The summed E-state index contributed by atoms with van der Waals surface area (Å²) in [6.45, 7) is 4.84. The summed E-state index contributed by atoms with van der Waals surface area (Å²) in [6, 6.07) is 5.68. The lowest BCUT2D eigenvalue weighted by Crippen LogP contribution is -2.34. The van der Waals surface area contributed by atoms with Gasteiger partial charge in [0, 0.05) is 25.7 Å². The molecule has 0 saturated carbocycles. The van der Waals surface area contributed by atoms with E-state index in [9.17, 15) is 0 Å². The number of rotatable bonds is 5. The van der Waals surface area contributed by atoms with Gasteiger partial charge in [-0.3, -0.25) is 4.90 Å². The van der Waals surface area contributed by atoms with Gasteiger partial charge in [-0.15, -0.1) is 10.2 Å². The molecule has 2 aromatic rings. The van der Waals surface area contributed by atoms with Crippen LogP contribution in [-0.2, 0) is 13.1 Å². The number of aromatic nitrogens is 3. The van der Waals surface area contributed by atoms with E-state index in [1.807, 2.05) is 18.2 Å². The molecule has 0 bridgehead atoms. The highest BCUT2D eigenvalue weighted by Crippen LogP contribution is 2.35. The van der Waals surface area contributed by atoms with Crippen LogP contribution in [0.1, 0.15) is 12.2 Å². The van der Waals surface area contributed by atoms with Crippen LogP contribution < -0.4 is 14.2 Å². The fraction of sp³-hybridized carbons (Fsp3) is 0.467. The number of hydrogen-bond donors (Lipinski definition) is 0. The van der Waals surface area contributed by atoms with Gasteiger partial charge in [0.25, 0.3) is 0 Å². The minimum absolute atomic E-state index is 0.290.